The van der Waals surface area contributed by atoms with E-state index in [9.17, 15) is 4.79 Å². The predicted octanol–water partition coefficient (Wildman–Crippen LogP) is 3.45. The lowest BCUT2D eigenvalue weighted by atomic mass is 10.3. The fourth-order valence-corrected chi connectivity index (χ4v) is 4.14. The predicted molar refractivity (Wildman–Crippen MR) is 111 cm³/mol. The molecule has 0 radical (unpaired) electrons. The van der Waals surface area contributed by atoms with Crippen LogP contribution in [0, 0.1) is 0 Å². The van der Waals surface area contributed by atoms with Crippen molar-refractivity contribution in [2.45, 2.75) is 37.6 Å². The van der Waals surface area contributed by atoms with Crippen LogP contribution in [0.3, 0.4) is 0 Å². The maximum Gasteiger partial charge on any atom is 0.275 e. The third-order valence-corrected chi connectivity index (χ3v) is 6.16. The summed E-state index contributed by atoms with van der Waals surface area (Å²) in [6.07, 6.45) is 11.9. The van der Waals surface area contributed by atoms with Gasteiger partial charge in [0.15, 0.2) is 10.8 Å². The number of aromatic nitrogens is 7. The van der Waals surface area contributed by atoms with Gasteiger partial charge in [0.05, 0.1) is 17.7 Å². The van der Waals surface area contributed by atoms with Crippen LogP contribution in [0.5, 0.6) is 0 Å². The first-order chi connectivity index (χ1) is 14.7. The smallest absolute Gasteiger partial charge is 0.275 e. The molecule has 0 aromatic carbocycles. The molecule has 6 rings (SSSR count). The topological polar surface area (TPSA) is 103 Å². The van der Waals surface area contributed by atoms with Crippen LogP contribution in [-0.2, 0) is 0 Å². The third kappa shape index (κ3) is 3.28. The van der Waals surface area contributed by atoms with Crippen LogP contribution < -0.4 is 5.32 Å². The monoisotopic (exact) mass is 418 g/mol. The number of imidazole rings is 1. The molecule has 1 N–H and O–H groups in total. The Morgan fingerprint density at radius 1 is 1.17 bits per heavy atom. The first-order valence-corrected chi connectivity index (χ1v) is 10.8. The van der Waals surface area contributed by atoms with Gasteiger partial charge in [-0.25, -0.2) is 9.97 Å². The molecule has 2 aliphatic rings. The van der Waals surface area contributed by atoms with Crippen molar-refractivity contribution in [3.63, 3.8) is 0 Å². The molecule has 2 saturated carbocycles. The van der Waals surface area contributed by atoms with E-state index in [1.165, 1.54) is 24.2 Å². The minimum absolute atomic E-state index is 0.306. The molecular weight excluding hydrogens is 400 g/mol. The molecular formula is C20H18N8OS. The van der Waals surface area contributed by atoms with Crippen molar-refractivity contribution in [1.29, 1.82) is 0 Å². The van der Waals surface area contributed by atoms with Gasteiger partial charge in [-0.15, -0.1) is 21.5 Å². The normalized spacial score (nSPS) is 16.0. The lowest BCUT2D eigenvalue weighted by molar-refractivity contribution is 0.102. The summed E-state index contributed by atoms with van der Waals surface area (Å²) in [5.74, 6) is 1.51. The quantitative estimate of drug-likeness (QED) is 0.514. The Labute approximate surface area is 175 Å². The Morgan fingerprint density at radius 3 is 2.90 bits per heavy atom. The highest BCUT2D eigenvalue weighted by Gasteiger charge is 2.28. The number of carbonyl (C=O) groups is 1. The van der Waals surface area contributed by atoms with Gasteiger partial charge in [0.2, 0.25) is 0 Å². The molecule has 0 unspecified atom stereocenters. The second-order valence-electron chi connectivity index (χ2n) is 7.66. The number of carbonyl (C=O) groups excluding carboxylic acids is 1. The van der Waals surface area contributed by atoms with Crippen LogP contribution in [0.2, 0.25) is 0 Å². The van der Waals surface area contributed by atoms with Gasteiger partial charge in [-0.3, -0.25) is 9.78 Å². The minimum Gasteiger partial charge on any atom is -0.308 e. The van der Waals surface area contributed by atoms with E-state index in [4.69, 9.17) is 0 Å². The summed E-state index contributed by atoms with van der Waals surface area (Å²) in [4.78, 5) is 25.9. The highest BCUT2D eigenvalue weighted by molar-refractivity contribution is 7.13. The zero-order valence-electron chi connectivity index (χ0n) is 16.0. The molecule has 0 aliphatic heterocycles. The van der Waals surface area contributed by atoms with Gasteiger partial charge in [-0.1, -0.05) is 0 Å². The molecule has 9 nitrogen and oxygen atoms in total. The maximum atomic E-state index is 12.7. The second-order valence-corrected chi connectivity index (χ2v) is 8.52. The van der Waals surface area contributed by atoms with E-state index in [0.29, 0.717) is 23.5 Å². The van der Waals surface area contributed by atoms with Gasteiger partial charge >= 0.3 is 0 Å². The summed E-state index contributed by atoms with van der Waals surface area (Å²) >= 11 is 1.43. The summed E-state index contributed by atoms with van der Waals surface area (Å²) in [5.41, 5.74) is 2.28. The average molecular weight is 418 g/mol. The SMILES string of the molecule is O=C(Nc1csc(-c2nncn2C2CC2)n1)c1cc(-n2cnc(C3CC3)c2)ccn1. The number of nitrogens with one attached hydrogen (secondary N) is 1. The van der Waals surface area contributed by atoms with Crippen molar-refractivity contribution in [2.75, 3.05) is 5.32 Å². The van der Waals surface area contributed by atoms with E-state index < -0.39 is 0 Å². The molecule has 1 amide bonds. The second kappa shape index (κ2) is 6.84. The van der Waals surface area contributed by atoms with Crippen LogP contribution in [0.1, 0.15) is 53.8 Å². The molecule has 2 fully saturated rings. The van der Waals surface area contributed by atoms with Gasteiger partial charge in [0.25, 0.3) is 5.91 Å². The molecule has 4 heterocycles. The Hall–Kier alpha value is -3.40. The van der Waals surface area contributed by atoms with Crippen molar-refractivity contribution in [3.8, 4) is 16.5 Å². The van der Waals surface area contributed by atoms with Gasteiger partial charge < -0.3 is 14.5 Å². The first-order valence-electron chi connectivity index (χ1n) is 9.91. The van der Waals surface area contributed by atoms with E-state index >= 15 is 0 Å². The Morgan fingerprint density at radius 2 is 2.07 bits per heavy atom. The van der Waals surface area contributed by atoms with Gasteiger partial charge in [-0.2, -0.15) is 0 Å². The number of anilines is 1. The lowest BCUT2D eigenvalue weighted by Crippen LogP contribution is -2.14. The van der Waals surface area contributed by atoms with Crippen molar-refractivity contribution in [3.05, 3.63) is 53.9 Å². The fourth-order valence-electron chi connectivity index (χ4n) is 3.40. The number of thiazole rings is 1. The van der Waals surface area contributed by atoms with Crippen LogP contribution >= 0.6 is 11.3 Å². The van der Waals surface area contributed by atoms with E-state index in [-0.39, 0.29) is 5.91 Å². The number of nitrogens with zero attached hydrogens (tertiary/aromatic N) is 7. The van der Waals surface area contributed by atoms with Crippen LogP contribution in [0.25, 0.3) is 16.5 Å². The number of pyridine rings is 1. The summed E-state index contributed by atoms with van der Waals surface area (Å²) < 4.78 is 3.98. The lowest BCUT2D eigenvalue weighted by Gasteiger charge is -2.05. The molecule has 10 heteroatoms. The largest absolute Gasteiger partial charge is 0.308 e. The zero-order chi connectivity index (χ0) is 20.1. The van der Waals surface area contributed by atoms with Crippen LogP contribution in [0.15, 0.2) is 42.6 Å². The molecule has 0 bridgehead atoms. The summed E-state index contributed by atoms with van der Waals surface area (Å²) in [5, 5.41) is 13.6. The van der Waals surface area contributed by atoms with E-state index in [2.05, 4.69) is 35.0 Å². The molecule has 2 aliphatic carbocycles. The molecule has 0 atom stereocenters. The Kier molecular flexibility index (Phi) is 3.98. The van der Waals surface area contributed by atoms with E-state index in [1.54, 1.807) is 30.3 Å². The van der Waals surface area contributed by atoms with Gasteiger partial charge in [-0.05, 0) is 37.8 Å². The van der Waals surface area contributed by atoms with Crippen LogP contribution in [-0.4, -0.2) is 40.2 Å². The molecule has 4 aromatic rings. The van der Waals surface area contributed by atoms with Crippen molar-refractivity contribution >= 4 is 23.1 Å². The van der Waals surface area contributed by atoms with E-state index in [0.717, 1.165) is 35.1 Å². The maximum absolute atomic E-state index is 12.7. The Balaban J connectivity index is 1.20. The summed E-state index contributed by atoms with van der Waals surface area (Å²) in [6.45, 7) is 0. The first kappa shape index (κ1) is 17.5. The molecule has 30 heavy (non-hydrogen) atoms. The van der Waals surface area contributed by atoms with Crippen LogP contribution in [0.4, 0.5) is 5.82 Å². The summed E-state index contributed by atoms with van der Waals surface area (Å²) in [6, 6.07) is 4.08. The van der Waals surface area contributed by atoms with Gasteiger partial charge in [0.1, 0.15) is 17.8 Å². The summed E-state index contributed by atoms with van der Waals surface area (Å²) in [7, 11) is 0. The number of amides is 1. The van der Waals surface area contributed by atoms with Crippen molar-refractivity contribution in [2.24, 2.45) is 0 Å². The molecule has 0 saturated heterocycles. The Bertz CT molecular complexity index is 1230. The highest BCUT2D eigenvalue weighted by Crippen LogP contribution is 2.39. The standard InChI is InChI=1S/C20H18N8OS/c29-19(15-7-14(5-6-21-15)27-8-16(22-10-27)12-1-2-12)24-17-9-30-20(25-17)18-26-23-11-28(18)13-3-4-13/h5-13H,1-4H2,(H,24,29). The van der Waals surface area contributed by atoms with Crippen molar-refractivity contribution < 1.29 is 4.79 Å². The van der Waals surface area contributed by atoms with Crippen molar-refractivity contribution in [1.82, 2.24) is 34.3 Å². The van der Waals surface area contributed by atoms with Gasteiger partial charge in [0, 0.05) is 29.7 Å². The highest BCUT2D eigenvalue weighted by atomic mass is 32.1. The molecule has 150 valence electrons. The number of hydrogen-bond acceptors (Lipinski definition) is 7. The molecule has 4 aromatic heterocycles. The molecule has 0 spiro atoms. The number of hydrogen-bond donors (Lipinski definition) is 1. The number of rotatable bonds is 6. The minimum atomic E-state index is -0.306. The van der Waals surface area contributed by atoms with E-state index in [1.807, 2.05) is 16.8 Å². The third-order valence-electron chi connectivity index (χ3n) is 5.32. The average Bonchev–Trinajstić information content (AvgIpc) is 3.64. The fraction of sp³-hybridized carbons (Fsp3) is 0.300. The zero-order valence-corrected chi connectivity index (χ0v) is 16.8.